The van der Waals surface area contributed by atoms with Crippen LogP contribution in [0.1, 0.15) is 58.3 Å². The van der Waals surface area contributed by atoms with Crippen LogP contribution in [0.2, 0.25) is 0 Å². The number of hydrogen-bond acceptors (Lipinski definition) is 3. The lowest BCUT2D eigenvalue weighted by Gasteiger charge is -2.28. The fraction of sp³-hybridized carbons (Fsp3) is 1.00. The molecule has 0 aliphatic heterocycles. The van der Waals surface area contributed by atoms with E-state index in [1.54, 1.807) is 0 Å². The molecule has 2 aliphatic rings. The summed E-state index contributed by atoms with van der Waals surface area (Å²) in [6.07, 6.45) is 9.74. The Hall–Kier alpha value is -0.120. The van der Waals surface area contributed by atoms with E-state index in [0.717, 1.165) is 45.1 Å². The Morgan fingerprint density at radius 2 is 1.83 bits per heavy atom. The van der Waals surface area contributed by atoms with Gasteiger partial charge in [-0.2, -0.15) is 0 Å². The molecule has 0 heterocycles. The maximum atomic E-state index is 10.5. The normalized spacial score (nSPS) is 24.2. The largest absolute Gasteiger partial charge is 0.389 e. The zero-order valence-corrected chi connectivity index (χ0v) is 12.0. The number of rotatable bonds is 7. The summed E-state index contributed by atoms with van der Waals surface area (Å²) in [6, 6.07) is 0.859. The van der Waals surface area contributed by atoms with E-state index in [1.165, 1.54) is 38.5 Å². The van der Waals surface area contributed by atoms with Crippen LogP contribution in [-0.4, -0.2) is 47.8 Å². The molecule has 18 heavy (non-hydrogen) atoms. The molecule has 0 aromatic rings. The fourth-order valence-corrected chi connectivity index (χ4v) is 3.15. The number of likely N-dealkylation sites (N-methyl/N-ethyl adjacent to an activating group) is 1. The van der Waals surface area contributed by atoms with Crippen LogP contribution in [0.15, 0.2) is 0 Å². The van der Waals surface area contributed by atoms with Gasteiger partial charge in [-0.15, -0.1) is 0 Å². The van der Waals surface area contributed by atoms with Gasteiger partial charge in [0.05, 0.1) is 5.60 Å². The predicted octanol–water partition coefficient (Wildman–Crippen LogP) is 2.15. The van der Waals surface area contributed by atoms with Crippen LogP contribution >= 0.6 is 0 Å². The first kappa shape index (κ1) is 14.3. The lowest BCUT2D eigenvalue weighted by atomic mass is 9.94. The number of aliphatic hydroxyl groups is 1. The summed E-state index contributed by atoms with van der Waals surface area (Å²) in [5.41, 5.74) is -0.423. The first-order chi connectivity index (χ1) is 8.73. The van der Waals surface area contributed by atoms with E-state index in [0.29, 0.717) is 0 Å². The number of nitrogens with zero attached hydrogens (tertiary/aromatic N) is 1. The van der Waals surface area contributed by atoms with E-state index in [1.807, 2.05) is 0 Å². The second-order valence-electron chi connectivity index (χ2n) is 6.18. The van der Waals surface area contributed by atoms with E-state index in [4.69, 9.17) is 0 Å². The van der Waals surface area contributed by atoms with Crippen LogP contribution in [0.25, 0.3) is 0 Å². The van der Waals surface area contributed by atoms with Crippen molar-refractivity contribution < 1.29 is 5.11 Å². The maximum absolute atomic E-state index is 10.5. The summed E-state index contributed by atoms with van der Waals surface area (Å²) in [7, 11) is 0. The minimum absolute atomic E-state index is 0.423. The molecule has 0 aromatic carbocycles. The topological polar surface area (TPSA) is 35.5 Å². The molecule has 106 valence electrons. The monoisotopic (exact) mass is 254 g/mol. The van der Waals surface area contributed by atoms with Gasteiger partial charge in [0.25, 0.3) is 0 Å². The maximum Gasteiger partial charge on any atom is 0.0771 e. The molecule has 0 atom stereocenters. The molecule has 0 radical (unpaired) electrons. The molecule has 2 saturated carbocycles. The molecule has 2 N–H and O–H groups in total. The lowest BCUT2D eigenvalue weighted by molar-refractivity contribution is 0.0249. The summed E-state index contributed by atoms with van der Waals surface area (Å²) < 4.78 is 0. The van der Waals surface area contributed by atoms with Crippen molar-refractivity contribution in [3.05, 3.63) is 0 Å². The van der Waals surface area contributed by atoms with Gasteiger partial charge in [0, 0.05) is 25.7 Å². The summed E-state index contributed by atoms with van der Waals surface area (Å²) >= 11 is 0. The van der Waals surface area contributed by atoms with E-state index in [9.17, 15) is 5.11 Å². The number of hydrogen-bond donors (Lipinski definition) is 2. The average molecular weight is 254 g/mol. The van der Waals surface area contributed by atoms with E-state index in [2.05, 4.69) is 17.1 Å². The van der Waals surface area contributed by atoms with Crippen molar-refractivity contribution in [2.24, 2.45) is 0 Å². The number of nitrogens with one attached hydrogen (secondary N) is 1. The van der Waals surface area contributed by atoms with Crippen molar-refractivity contribution in [2.45, 2.75) is 69.9 Å². The molecular formula is C15H30N2O. The zero-order valence-electron chi connectivity index (χ0n) is 12.0. The molecule has 0 unspecified atom stereocenters. The standard InChI is InChI=1S/C15H30N2O/c1-2-17(14-7-8-14)12-11-16-13-15(18)9-5-3-4-6-10-15/h14,16,18H,2-13H2,1H3. The molecule has 0 saturated heterocycles. The van der Waals surface area contributed by atoms with Crippen LogP contribution < -0.4 is 5.32 Å². The molecule has 0 bridgehead atoms. The minimum atomic E-state index is -0.423. The van der Waals surface area contributed by atoms with Crippen molar-refractivity contribution >= 4 is 0 Å². The molecule has 3 heteroatoms. The van der Waals surface area contributed by atoms with Gasteiger partial charge in [0.15, 0.2) is 0 Å². The molecule has 0 spiro atoms. The van der Waals surface area contributed by atoms with Crippen LogP contribution in [-0.2, 0) is 0 Å². The quantitative estimate of drug-likeness (QED) is 0.540. The molecule has 2 fully saturated rings. The summed E-state index contributed by atoms with van der Waals surface area (Å²) in [5.74, 6) is 0. The van der Waals surface area contributed by atoms with E-state index < -0.39 is 5.60 Å². The van der Waals surface area contributed by atoms with Crippen molar-refractivity contribution in [1.82, 2.24) is 10.2 Å². The third-order valence-corrected chi connectivity index (χ3v) is 4.53. The van der Waals surface area contributed by atoms with Crippen LogP contribution in [0.3, 0.4) is 0 Å². The van der Waals surface area contributed by atoms with E-state index >= 15 is 0 Å². The van der Waals surface area contributed by atoms with Crippen molar-refractivity contribution in [3.63, 3.8) is 0 Å². The molecular weight excluding hydrogens is 224 g/mol. The lowest BCUT2D eigenvalue weighted by Crippen LogP contribution is -2.43. The van der Waals surface area contributed by atoms with Gasteiger partial charge in [-0.05, 0) is 32.2 Å². The first-order valence-corrected chi connectivity index (χ1v) is 7.91. The van der Waals surface area contributed by atoms with Crippen LogP contribution in [0, 0.1) is 0 Å². The highest BCUT2D eigenvalue weighted by atomic mass is 16.3. The fourth-order valence-electron chi connectivity index (χ4n) is 3.15. The van der Waals surface area contributed by atoms with Crippen molar-refractivity contribution in [3.8, 4) is 0 Å². The second-order valence-corrected chi connectivity index (χ2v) is 6.18. The Morgan fingerprint density at radius 1 is 1.17 bits per heavy atom. The molecule has 3 nitrogen and oxygen atoms in total. The van der Waals surface area contributed by atoms with E-state index in [-0.39, 0.29) is 0 Å². The van der Waals surface area contributed by atoms with Gasteiger partial charge in [0.1, 0.15) is 0 Å². The predicted molar refractivity (Wildman–Crippen MR) is 75.8 cm³/mol. The van der Waals surface area contributed by atoms with Gasteiger partial charge in [-0.1, -0.05) is 32.6 Å². The SMILES string of the molecule is CCN(CCNCC1(O)CCCCCC1)C1CC1. The Bertz CT molecular complexity index is 233. The van der Waals surface area contributed by atoms with Gasteiger partial charge in [-0.25, -0.2) is 0 Å². The Kier molecular flexibility index (Phi) is 5.46. The van der Waals surface area contributed by atoms with Gasteiger partial charge in [0.2, 0.25) is 0 Å². The zero-order chi connectivity index (χ0) is 12.8. The Morgan fingerprint density at radius 3 is 2.39 bits per heavy atom. The van der Waals surface area contributed by atoms with Crippen LogP contribution in [0.4, 0.5) is 0 Å². The average Bonchev–Trinajstić information content (AvgIpc) is 3.18. The third-order valence-electron chi connectivity index (χ3n) is 4.53. The van der Waals surface area contributed by atoms with Gasteiger partial charge < -0.3 is 10.4 Å². The Labute approximate surface area is 112 Å². The highest BCUT2D eigenvalue weighted by molar-refractivity contribution is 4.85. The highest BCUT2D eigenvalue weighted by Crippen LogP contribution is 2.27. The van der Waals surface area contributed by atoms with Gasteiger partial charge in [-0.3, -0.25) is 4.90 Å². The molecule has 0 amide bonds. The summed E-state index contributed by atoms with van der Waals surface area (Å²) in [6.45, 7) is 6.35. The first-order valence-electron chi connectivity index (χ1n) is 7.91. The molecule has 2 aliphatic carbocycles. The second kappa shape index (κ2) is 6.88. The Balaban J connectivity index is 1.61. The summed E-state index contributed by atoms with van der Waals surface area (Å²) in [4.78, 5) is 2.56. The van der Waals surface area contributed by atoms with Crippen LogP contribution in [0.5, 0.6) is 0 Å². The van der Waals surface area contributed by atoms with Crippen molar-refractivity contribution in [1.29, 1.82) is 0 Å². The smallest absolute Gasteiger partial charge is 0.0771 e. The van der Waals surface area contributed by atoms with Gasteiger partial charge >= 0.3 is 0 Å². The summed E-state index contributed by atoms with van der Waals surface area (Å²) in [5, 5.41) is 14.0. The minimum Gasteiger partial charge on any atom is -0.389 e. The van der Waals surface area contributed by atoms with Crippen molar-refractivity contribution in [2.75, 3.05) is 26.2 Å². The molecule has 0 aromatic heterocycles. The molecule has 2 rings (SSSR count). The third kappa shape index (κ3) is 4.52. The highest BCUT2D eigenvalue weighted by Gasteiger charge is 2.29.